The van der Waals surface area contributed by atoms with Crippen molar-refractivity contribution in [1.82, 2.24) is 4.98 Å². The lowest BCUT2D eigenvalue weighted by atomic mass is 10.2. The van der Waals surface area contributed by atoms with Crippen molar-refractivity contribution in [3.8, 4) is 0 Å². The zero-order valence-electron chi connectivity index (χ0n) is 9.89. The van der Waals surface area contributed by atoms with Gasteiger partial charge >= 0.3 is 11.9 Å². The minimum Gasteiger partial charge on any atom is -0.467 e. The van der Waals surface area contributed by atoms with Gasteiger partial charge in [-0.05, 0) is 19.1 Å². The number of esters is 2. The molecular weight excluding hydrogens is 224 g/mol. The van der Waals surface area contributed by atoms with E-state index in [1.165, 1.54) is 20.4 Å². The van der Waals surface area contributed by atoms with Crippen LogP contribution < -0.4 is 5.32 Å². The molecule has 1 heterocycles. The normalized spacial score (nSPS) is 11.5. The second-order valence-electron chi connectivity index (χ2n) is 3.28. The molecule has 0 saturated carbocycles. The third-order valence-corrected chi connectivity index (χ3v) is 2.12. The van der Waals surface area contributed by atoms with Crippen LogP contribution in [0.1, 0.15) is 17.3 Å². The largest absolute Gasteiger partial charge is 0.467 e. The number of hydrogen-bond donors (Lipinski definition) is 1. The highest BCUT2D eigenvalue weighted by atomic mass is 16.5. The summed E-state index contributed by atoms with van der Waals surface area (Å²) in [5.41, 5.74) is 0.269. The first-order valence-electron chi connectivity index (χ1n) is 4.97. The summed E-state index contributed by atoms with van der Waals surface area (Å²) in [7, 11) is 2.57. The van der Waals surface area contributed by atoms with E-state index in [1.807, 2.05) is 0 Å². The molecule has 0 saturated heterocycles. The van der Waals surface area contributed by atoms with E-state index < -0.39 is 18.0 Å². The Labute approximate surface area is 98.9 Å². The highest BCUT2D eigenvalue weighted by molar-refractivity contribution is 5.95. The average Bonchev–Trinajstić information content (AvgIpc) is 2.37. The van der Waals surface area contributed by atoms with Gasteiger partial charge in [-0.3, -0.25) is 0 Å². The van der Waals surface area contributed by atoms with Gasteiger partial charge in [-0.15, -0.1) is 0 Å². The average molecular weight is 238 g/mol. The van der Waals surface area contributed by atoms with Crippen LogP contribution in [0.2, 0.25) is 0 Å². The molecule has 1 atom stereocenters. The number of pyridine rings is 1. The summed E-state index contributed by atoms with van der Waals surface area (Å²) >= 11 is 0. The number of ether oxygens (including phenoxy) is 2. The molecule has 6 heteroatoms. The number of hydrogen-bond acceptors (Lipinski definition) is 6. The number of nitrogens with one attached hydrogen (secondary N) is 1. The number of anilines is 1. The maximum absolute atomic E-state index is 11.4. The van der Waals surface area contributed by atoms with Gasteiger partial charge in [0.2, 0.25) is 0 Å². The molecule has 6 nitrogen and oxygen atoms in total. The van der Waals surface area contributed by atoms with Crippen LogP contribution in [0.5, 0.6) is 0 Å². The molecule has 1 aromatic rings. The van der Waals surface area contributed by atoms with Crippen molar-refractivity contribution in [2.45, 2.75) is 13.0 Å². The van der Waals surface area contributed by atoms with E-state index in [4.69, 9.17) is 0 Å². The Bertz CT molecular complexity index is 420. The quantitative estimate of drug-likeness (QED) is 0.783. The van der Waals surface area contributed by atoms with Crippen molar-refractivity contribution in [3.05, 3.63) is 23.9 Å². The monoisotopic (exact) mass is 238 g/mol. The van der Waals surface area contributed by atoms with Gasteiger partial charge in [-0.25, -0.2) is 14.6 Å². The molecular formula is C11H14N2O4. The molecule has 17 heavy (non-hydrogen) atoms. The van der Waals surface area contributed by atoms with Crippen molar-refractivity contribution in [2.75, 3.05) is 19.5 Å². The standard InChI is InChI=1S/C11H14N2O4/c1-7(10(14)16-2)13-9-8(11(15)17-3)5-4-6-12-9/h4-7H,1-3H3,(H,12,13). The Morgan fingerprint density at radius 1 is 1.35 bits per heavy atom. The lowest BCUT2D eigenvalue weighted by molar-refractivity contribution is -0.141. The summed E-state index contributed by atoms with van der Waals surface area (Å²) in [6.45, 7) is 1.61. The molecule has 1 N–H and O–H groups in total. The van der Waals surface area contributed by atoms with Gasteiger partial charge in [-0.1, -0.05) is 0 Å². The first-order valence-corrected chi connectivity index (χ1v) is 4.97. The summed E-state index contributed by atoms with van der Waals surface area (Å²) in [5, 5.41) is 2.79. The molecule has 1 aromatic heterocycles. The molecule has 1 unspecified atom stereocenters. The molecule has 0 aliphatic carbocycles. The van der Waals surface area contributed by atoms with Crippen LogP contribution in [0.3, 0.4) is 0 Å². The van der Waals surface area contributed by atoms with Gasteiger partial charge < -0.3 is 14.8 Å². The minimum atomic E-state index is -0.599. The number of nitrogens with zero attached hydrogens (tertiary/aromatic N) is 1. The second-order valence-corrected chi connectivity index (χ2v) is 3.28. The van der Waals surface area contributed by atoms with Gasteiger partial charge in [0.25, 0.3) is 0 Å². The Balaban J connectivity index is 2.91. The van der Waals surface area contributed by atoms with Crippen LogP contribution in [0, 0.1) is 0 Å². The molecule has 0 spiro atoms. The second kappa shape index (κ2) is 5.83. The highest BCUT2D eigenvalue weighted by Crippen LogP contribution is 2.13. The fourth-order valence-electron chi connectivity index (χ4n) is 1.24. The van der Waals surface area contributed by atoms with Crippen LogP contribution in [-0.4, -0.2) is 37.2 Å². The number of carbonyl (C=O) groups is 2. The number of methoxy groups -OCH3 is 2. The van der Waals surface area contributed by atoms with Gasteiger partial charge in [0.1, 0.15) is 17.4 Å². The zero-order chi connectivity index (χ0) is 12.8. The van der Waals surface area contributed by atoms with Crippen LogP contribution in [0.4, 0.5) is 5.82 Å². The molecule has 0 radical (unpaired) electrons. The van der Waals surface area contributed by atoms with Crippen molar-refractivity contribution in [2.24, 2.45) is 0 Å². The third-order valence-electron chi connectivity index (χ3n) is 2.12. The van der Waals surface area contributed by atoms with E-state index >= 15 is 0 Å². The topological polar surface area (TPSA) is 77.5 Å². The Morgan fingerprint density at radius 2 is 2.06 bits per heavy atom. The molecule has 0 amide bonds. The summed E-state index contributed by atoms with van der Waals surface area (Å²) in [5.74, 6) is -0.665. The van der Waals surface area contributed by atoms with E-state index in [9.17, 15) is 9.59 Å². The molecule has 0 bridgehead atoms. The first kappa shape index (κ1) is 13.0. The van der Waals surface area contributed by atoms with Crippen molar-refractivity contribution in [3.63, 3.8) is 0 Å². The summed E-state index contributed by atoms with van der Waals surface area (Å²) in [4.78, 5) is 26.7. The molecule has 0 aliphatic rings. The smallest absolute Gasteiger partial charge is 0.341 e. The number of aromatic nitrogens is 1. The molecule has 0 aromatic carbocycles. The summed E-state index contributed by atoms with van der Waals surface area (Å²) < 4.78 is 9.18. The lowest BCUT2D eigenvalue weighted by Gasteiger charge is -2.14. The minimum absolute atomic E-state index is 0.269. The predicted octanol–water partition coefficient (Wildman–Crippen LogP) is 0.842. The van der Waals surface area contributed by atoms with Gasteiger partial charge in [-0.2, -0.15) is 0 Å². The van der Waals surface area contributed by atoms with Crippen LogP contribution in [-0.2, 0) is 14.3 Å². The van der Waals surface area contributed by atoms with Crippen LogP contribution in [0.15, 0.2) is 18.3 Å². The van der Waals surface area contributed by atoms with Crippen molar-refractivity contribution in [1.29, 1.82) is 0 Å². The first-order chi connectivity index (χ1) is 8.10. The van der Waals surface area contributed by atoms with Gasteiger partial charge in [0, 0.05) is 6.20 Å². The predicted molar refractivity (Wildman–Crippen MR) is 60.7 cm³/mol. The third kappa shape index (κ3) is 3.17. The lowest BCUT2D eigenvalue weighted by Crippen LogP contribution is -2.28. The molecule has 92 valence electrons. The van der Waals surface area contributed by atoms with E-state index in [0.29, 0.717) is 0 Å². The summed E-state index contributed by atoms with van der Waals surface area (Å²) in [6, 6.07) is 2.57. The Kier molecular flexibility index (Phi) is 4.45. The number of carbonyl (C=O) groups excluding carboxylic acids is 2. The van der Waals surface area contributed by atoms with E-state index in [-0.39, 0.29) is 11.4 Å². The fraction of sp³-hybridized carbons (Fsp3) is 0.364. The fourth-order valence-corrected chi connectivity index (χ4v) is 1.24. The number of rotatable bonds is 4. The van der Waals surface area contributed by atoms with Gasteiger partial charge in [0.05, 0.1) is 14.2 Å². The van der Waals surface area contributed by atoms with E-state index in [2.05, 4.69) is 19.8 Å². The Hall–Kier alpha value is -2.11. The van der Waals surface area contributed by atoms with Crippen molar-refractivity contribution >= 4 is 17.8 Å². The van der Waals surface area contributed by atoms with E-state index in [1.54, 1.807) is 19.1 Å². The van der Waals surface area contributed by atoms with Crippen molar-refractivity contribution < 1.29 is 19.1 Å². The SMILES string of the molecule is COC(=O)c1cccnc1NC(C)C(=O)OC. The summed E-state index contributed by atoms with van der Waals surface area (Å²) in [6.07, 6.45) is 1.51. The zero-order valence-corrected chi connectivity index (χ0v) is 9.89. The highest BCUT2D eigenvalue weighted by Gasteiger charge is 2.18. The van der Waals surface area contributed by atoms with E-state index in [0.717, 1.165) is 0 Å². The maximum Gasteiger partial charge on any atom is 0.341 e. The van der Waals surface area contributed by atoms with Gasteiger partial charge in [0.15, 0.2) is 0 Å². The van der Waals surface area contributed by atoms with Crippen LogP contribution >= 0.6 is 0 Å². The van der Waals surface area contributed by atoms with Crippen LogP contribution in [0.25, 0.3) is 0 Å². The maximum atomic E-state index is 11.4. The molecule has 0 aliphatic heterocycles. The molecule has 0 fully saturated rings. The Morgan fingerprint density at radius 3 is 2.65 bits per heavy atom. The molecule has 1 rings (SSSR count).